The fourth-order valence-electron chi connectivity index (χ4n) is 3.99. The summed E-state index contributed by atoms with van der Waals surface area (Å²) in [6, 6.07) is 12.7. The summed E-state index contributed by atoms with van der Waals surface area (Å²) in [7, 11) is -2.46. The Morgan fingerprint density at radius 1 is 1.03 bits per heavy atom. The van der Waals surface area contributed by atoms with Gasteiger partial charge in [-0.2, -0.15) is 8.99 Å². The Bertz CT molecular complexity index is 1520. The molecule has 0 amide bonds. The Hall–Kier alpha value is -4.17. The van der Waals surface area contributed by atoms with Gasteiger partial charge < -0.3 is 9.64 Å². The van der Waals surface area contributed by atoms with Crippen molar-refractivity contribution in [1.29, 1.82) is 0 Å². The van der Waals surface area contributed by atoms with Crippen molar-refractivity contribution in [2.24, 2.45) is 0 Å². The maximum atomic E-state index is 13.1. The first-order valence-corrected chi connectivity index (χ1v) is 12.0. The van der Waals surface area contributed by atoms with Crippen LogP contribution in [0.15, 0.2) is 59.8 Å². The maximum Gasteiger partial charge on any atom is 0.289 e. The number of methoxy groups -OCH3 is 1. The zero-order chi connectivity index (χ0) is 24.6. The van der Waals surface area contributed by atoms with E-state index in [4.69, 9.17) is 4.74 Å². The molecule has 0 bridgehead atoms. The van der Waals surface area contributed by atoms with Gasteiger partial charge in [0.15, 0.2) is 21.9 Å². The van der Waals surface area contributed by atoms with Gasteiger partial charge in [0.25, 0.3) is 5.69 Å². The lowest BCUT2D eigenvalue weighted by atomic mass is 10.3. The Balaban J connectivity index is 1.40. The fraction of sp³-hybridized carbons (Fsp3) is 0.238. The number of nitro groups is 1. The lowest BCUT2D eigenvalue weighted by Crippen LogP contribution is -2.49. The van der Waals surface area contributed by atoms with Crippen molar-refractivity contribution in [2.45, 2.75) is 4.90 Å². The largest absolute Gasteiger partial charge is 0.497 e. The van der Waals surface area contributed by atoms with E-state index in [1.165, 1.54) is 34.9 Å². The van der Waals surface area contributed by atoms with Gasteiger partial charge in [-0.3, -0.25) is 10.1 Å². The van der Waals surface area contributed by atoms with Gasteiger partial charge in [0.05, 0.1) is 17.7 Å². The highest BCUT2D eigenvalue weighted by molar-refractivity contribution is 7.89. The summed E-state index contributed by atoms with van der Waals surface area (Å²) in [5, 5.41) is 19.8. The SMILES string of the molecule is COc1cccc(-n2nnc3c(N4CCN(S(=O)(=O)c5ccccc5[N+](=O)[O-])CC4)ncnc32)c1. The summed E-state index contributed by atoms with van der Waals surface area (Å²) in [6.45, 7) is 0.893. The molecule has 1 fully saturated rings. The normalized spacial score (nSPS) is 14.8. The quantitative estimate of drug-likeness (QED) is 0.285. The second-order valence-electron chi connectivity index (χ2n) is 7.69. The zero-order valence-corrected chi connectivity index (χ0v) is 19.4. The Morgan fingerprint density at radius 2 is 1.80 bits per heavy atom. The molecule has 0 aliphatic carbocycles. The molecular weight excluding hydrogens is 476 g/mol. The summed E-state index contributed by atoms with van der Waals surface area (Å²) in [5.41, 5.74) is 1.25. The first-order chi connectivity index (χ1) is 16.9. The van der Waals surface area contributed by atoms with Crippen LogP contribution in [0, 0.1) is 10.1 Å². The van der Waals surface area contributed by atoms with Gasteiger partial charge in [0.2, 0.25) is 10.0 Å². The third kappa shape index (κ3) is 4.02. The van der Waals surface area contributed by atoms with Crippen LogP contribution < -0.4 is 9.64 Å². The maximum absolute atomic E-state index is 13.1. The van der Waals surface area contributed by atoms with Gasteiger partial charge >= 0.3 is 0 Å². The van der Waals surface area contributed by atoms with Crippen molar-refractivity contribution in [2.75, 3.05) is 38.2 Å². The van der Waals surface area contributed by atoms with Gasteiger partial charge in [-0.25, -0.2) is 18.4 Å². The van der Waals surface area contributed by atoms with Crippen molar-refractivity contribution in [3.63, 3.8) is 0 Å². The number of nitro benzene ring substituents is 1. The van der Waals surface area contributed by atoms with E-state index in [1.807, 2.05) is 29.2 Å². The minimum atomic E-state index is -4.04. The van der Waals surface area contributed by atoms with E-state index in [-0.39, 0.29) is 18.0 Å². The van der Waals surface area contributed by atoms with E-state index in [0.717, 1.165) is 5.69 Å². The van der Waals surface area contributed by atoms with Gasteiger partial charge in [-0.1, -0.05) is 23.4 Å². The summed E-state index contributed by atoms with van der Waals surface area (Å²) in [6.07, 6.45) is 1.41. The molecule has 2 aromatic heterocycles. The molecule has 0 radical (unpaired) electrons. The van der Waals surface area contributed by atoms with E-state index >= 15 is 0 Å². The number of rotatable bonds is 6. The van der Waals surface area contributed by atoms with Crippen molar-refractivity contribution >= 4 is 32.7 Å². The van der Waals surface area contributed by atoms with Crippen LogP contribution in [0.25, 0.3) is 16.9 Å². The number of benzene rings is 2. The molecule has 3 heterocycles. The first kappa shape index (κ1) is 22.6. The molecular formula is C21H20N8O5S. The molecule has 0 atom stereocenters. The highest BCUT2D eigenvalue weighted by Crippen LogP contribution is 2.29. The summed E-state index contributed by atoms with van der Waals surface area (Å²) < 4.78 is 34.4. The molecule has 0 saturated carbocycles. The molecule has 0 N–H and O–H groups in total. The lowest BCUT2D eigenvalue weighted by Gasteiger charge is -2.34. The molecule has 0 unspecified atom stereocenters. The number of hydrogen-bond donors (Lipinski definition) is 0. The van der Waals surface area contributed by atoms with Crippen LogP contribution in [0.1, 0.15) is 0 Å². The van der Waals surface area contributed by atoms with E-state index in [9.17, 15) is 18.5 Å². The minimum Gasteiger partial charge on any atom is -0.497 e. The minimum absolute atomic E-state index is 0.129. The summed E-state index contributed by atoms with van der Waals surface area (Å²) >= 11 is 0. The molecule has 35 heavy (non-hydrogen) atoms. The average Bonchev–Trinajstić information content (AvgIpc) is 3.33. The Labute approximate surface area is 199 Å². The Kier molecular flexibility index (Phi) is 5.74. The Morgan fingerprint density at radius 3 is 2.54 bits per heavy atom. The topological polar surface area (TPSA) is 149 Å². The number of fused-ring (bicyclic) bond motifs is 1. The second-order valence-corrected chi connectivity index (χ2v) is 9.59. The number of anilines is 1. The number of ether oxygens (including phenoxy) is 1. The highest BCUT2D eigenvalue weighted by Gasteiger charge is 2.34. The van der Waals surface area contributed by atoms with Crippen LogP contribution in [0.5, 0.6) is 5.75 Å². The first-order valence-electron chi connectivity index (χ1n) is 10.6. The fourth-order valence-corrected chi connectivity index (χ4v) is 5.57. The second kappa shape index (κ2) is 8.88. The molecule has 5 rings (SSSR count). The van der Waals surface area contributed by atoms with Crippen LogP contribution in [0.2, 0.25) is 0 Å². The standard InChI is InChI=1S/C21H20N8O5S/c1-34-16-6-4-5-15(13-16)28-21-19(24-25-28)20(22-14-23-21)26-9-11-27(12-10-26)35(32,33)18-8-3-2-7-17(18)29(30)31/h2-8,13-14H,9-12H2,1H3. The smallest absolute Gasteiger partial charge is 0.289 e. The van der Waals surface area contributed by atoms with Crippen molar-refractivity contribution < 1.29 is 18.1 Å². The van der Waals surface area contributed by atoms with E-state index < -0.39 is 20.6 Å². The predicted octanol–water partition coefficient (Wildman–Crippen LogP) is 1.64. The lowest BCUT2D eigenvalue weighted by molar-refractivity contribution is -0.387. The molecule has 4 aromatic rings. The van der Waals surface area contributed by atoms with Crippen molar-refractivity contribution in [3.05, 3.63) is 65.0 Å². The molecule has 1 aliphatic heterocycles. The molecule has 2 aromatic carbocycles. The summed E-state index contributed by atoms with van der Waals surface area (Å²) in [4.78, 5) is 20.9. The number of nitrogens with zero attached hydrogens (tertiary/aromatic N) is 8. The van der Waals surface area contributed by atoms with Crippen molar-refractivity contribution in [3.8, 4) is 11.4 Å². The number of aromatic nitrogens is 5. The third-order valence-corrected chi connectivity index (χ3v) is 7.68. The van der Waals surface area contributed by atoms with Crippen LogP contribution in [0.3, 0.4) is 0 Å². The van der Waals surface area contributed by atoms with E-state index in [0.29, 0.717) is 35.8 Å². The number of piperazine rings is 1. The van der Waals surface area contributed by atoms with Crippen LogP contribution in [0.4, 0.5) is 11.5 Å². The number of sulfonamides is 1. The molecule has 14 heteroatoms. The van der Waals surface area contributed by atoms with Gasteiger partial charge in [0, 0.05) is 38.3 Å². The van der Waals surface area contributed by atoms with E-state index in [1.54, 1.807) is 11.8 Å². The van der Waals surface area contributed by atoms with Gasteiger partial charge in [-0.05, 0) is 18.2 Å². The predicted molar refractivity (Wildman–Crippen MR) is 125 cm³/mol. The van der Waals surface area contributed by atoms with E-state index in [2.05, 4.69) is 20.3 Å². The van der Waals surface area contributed by atoms with Crippen molar-refractivity contribution in [1.82, 2.24) is 29.3 Å². The number of para-hydroxylation sites is 1. The highest BCUT2D eigenvalue weighted by atomic mass is 32.2. The zero-order valence-electron chi connectivity index (χ0n) is 18.6. The van der Waals surface area contributed by atoms with Gasteiger partial charge in [-0.15, -0.1) is 5.10 Å². The molecule has 13 nitrogen and oxygen atoms in total. The monoisotopic (exact) mass is 496 g/mol. The molecule has 1 aliphatic rings. The van der Waals surface area contributed by atoms with Gasteiger partial charge in [0.1, 0.15) is 12.1 Å². The van der Waals surface area contributed by atoms with Crippen LogP contribution in [-0.2, 0) is 10.0 Å². The molecule has 0 spiro atoms. The van der Waals surface area contributed by atoms with Crippen LogP contribution in [-0.4, -0.2) is 75.9 Å². The summed E-state index contributed by atoms with van der Waals surface area (Å²) in [5.74, 6) is 1.20. The number of hydrogen-bond acceptors (Lipinski definition) is 10. The third-order valence-electron chi connectivity index (χ3n) is 5.73. The molecule has 1 saturated heterocycles. The molecule has 180 valence electrons. The van der Waals surface area contributed by atoms with Crippen LogP contribution >= 0.6 is 0 Å². The average molecular weight is 497 g/mol.